The average Bonchev–Trinajstić information content (AvgIpc) is 2.65. The lowest BCUT2D eigenvalue weighted by atomic mass is 9.90. The predicted molar refractivity (Wildman–Crippen MR) is 81.6 cm³/mol. The standard InChI is InChI=1S/C18H18O3/c1-11-9-13(19)10-12-5-3-6-14-15(17(11)12)7-4-8-16(14)18(20)21-2/h4,7-10,19H,3,5-6H2,1-2H3. The first-order valence-electron chi connectivity index (χ1n) is 7.15. The maximum atomic E-state index is 12.0. The zero-order chi connectivity index (χ0) is 15.0. The number of carbonyl (C=O) groups excluding carboxylic acids is 1. The maximum Gasteiger partial charge on any atom is 0.338 e. The van der Waals surface area contributed by atoms with Gasteiger partial charge in [-0.1, -0.05) is 12.1 Å². The molecule has 3 rings (SSSR count). The first-order chi connectivity index (χ1) is 10.1. The molecule has 0 radical (unpaired) electrons. The van der Waals surface area contributed by atoms with Crippen molar-refractivity contribution in [1.29, 1.82) is 0 Å². The number of hydrogen-bond acceptors (Lipinski definition) is 3. The van der Waals surface area contributed by atoms with Crippen LogP contribution in [0.5, 0.6) is 5.75 Å². The second-order valence-electron chi connectivity index (χ2n) is 5.47. The van der Waals surface area contributed by atoms with Gasteiger partial charge in [0.05, 0.1) is 12.7 Å². The van der Waals surface area contributed by atoms with Crippen molar-refractivity contribution in [2.24, 2.45) is 0 Å². The summed E-state index contributed by atoms with van der Waals surface area (Å²) in [6.07, 6.45) is 2.70. The smallest absolute Gasteiger partial charge is 0.338 e. The van der Waals surface area contributed by atoms with E-state index in [0.29, 0.717) is 11.3 Å². The molecule has 1 aliphatic carbocycles. The molecule has 0 spiro atoms. The number of phenols is 1. The Hall–Kier alpha value is -2.29. The molecule has 2 aromatic rings. The van der Waals surface area contributed by atoms with E-state index < -0.39 is 0 Å². The molecule has 3 heteroatoms. The molecule has 0 heterocycles. The molecule has 0 unspecified atom stereocenters. The molecule has 0 aromatic heterocycles. The van der Waals surface area contributed by atoms with Crippen molar-refractivity contribution in [2.45, 2.75) is 26.2 Å². The van der Waals surface area contributed by atoms with Gasteiger partial charge in [0.25, 0.3) is 0 Å². The molecule has 0 saturated carbocycles. The number of rotatable bonds is 1. The van der Waals surface area contributed by atoms with Crippen molar-refractivity contribution in [3.63, 3.8) is 0 Å². The second kappa shape index (κ2) is 5.24. The van der Waals surface area contributed by atoms with Crippen molar-refractivity contribution in [1.82, 2.24) is 0 Å². The third-order valence-corrected chi connectivity index (χ3v) is 4.13. The van der Waals surface area contributed by atoms with Gasteiger partial charge in [-0.2, -0.15) is 0 Å². The molecule has 3 nitrogen and oxygen atoms in total. The van der Waals surface area contributed by atoms with Gasteiger partial charge in [0, 0.05) is 0 Å². The highest BCUT2D eigenvalue weighted by atomic mass is 16.5. The topological polar surface area (TPSA) is 46.5 Å². The lowest BCUT2D eigenvalue weighted by Gasteiger charge is -2.15. The van der Waals surface area contributed by atoms with Crippen molar-refractivity contribution < 1.29 is 14.6 Å². The van der Waals surface area contributed by atoms with Crippen LogP contribution >= 0.6 is 0 Å². The summed E-state index contributed by atoms with van der Waals surface area (Å²) in [6, 6.07) is 9.38. The molecule has 108 valence electrons. The van der Waals surface area contributed by atoms with E-state index in [-0.39, 0.29) is 5.97 Å². The van der Waals surface area contributed by atoms with Crippen LogP contribution in [0.2, 0.25) is 0 Å². The van der Waals surface area contributed by atoms with E-state index in [4.69, 9.17) is 4.74 Å². The number of methoxy groups -OCH3 is 1. The quantitative estimate of drug-likeness (QED) is 0.812. The molecule has 2 aromatic carbocycles. The highest BCUT2D eigenvalue weighted by molar-refractivity contribution is 5.94. The van der Waals surface area contributed by atoms with Crippen LogP contribution in [-0.4, -0.2) is 18.2 Å². The van der Waals surface area contributed by atoms with Crippen molar-refractivity contribution >= 4 is 5.97 Å². The molecular formula is C18H18O3. The Morgan fingerprint density at radius 1 is 1.24 bits per heavy atom. The molecular weight excluding hydrogens is 264 g/mol. The van der Waals surface area contributed by atoms with E-state index in [1.54, 1.807) is 6.07 Å². The SMILES string of the molecule is COC(=O)c1cccc2c1CCCc1cc(O)cc(C)c1-2. The van der Waals surface area contributed by atoms with E-state index >= 15 is 0 Å². The van der Waals surface area contributed by atoms with Gasteiger partial charge < -0.3 is 9.84 Å². The van der Waals surface area contributed by atoms with E-state index in [1.165, 1.54) is 7.11 Å². The fourth-order valence-electron chi connectivity index (χ4n) is 3.27. The maximum absolute atomic E-state index is 12.0. The highest BCUT2D eigenvalue weighted by Gasteiger charge is 2.22. The van der Waals surface area contributed by atoms with E-state index in [2.05, 4.69) is 6.07 Å². The van der Waals surface area contributed by atoms with Crippen molar-refractivity contribution in [3.05, 3.63) is 52.6 Å². The van der Waals surface area contributed by atoms with Gasteiger partial charge >= 0.3 is 5.97 Å². The molecule has 0 saturated heterocycles. The van der Waals surface area contributed by atoms with Gasteiger partial charge in [-0.05, 0) is 72.2 Å². The average molecular weight is 282 g/mol. The highest BCUT2D eigenvalue weighted by Crippen LogP contribution is 2.38. The number of ether oxygens (including phenoxy) is 1. The lowest BCUT2D eigenvalue weighted by Crippen LogP contribution is -2.06. The molecule has 0 bridgehead atoms. The van der Waals surface area contributed by atoms with E-state index in [1.807, 2.05) is 25.1 Å². The van der Waals surface area contributed by atoms with E-state index in [9.17, 15) is 9.90 Å². The normalized spacial score (nSPS) is 13.0. The number of aryl methyl sites for hydroxylation is 2. The first kappa shape index (κ1) is 13.7. The summed E-state index contributed by atoms with van der Waals surface area (Å²) in [5.41, 5.74) is 6.12. The molecule has 0 amide bonds. The van der Waals surface area contributed by atoms with Gasteiger partial charge in [-0.3, -0.25) is 0 Å². The molecule has 0 fully saturated rings. The Labute approximate surface area is 124 Å². The second-order valence-corrected chi connectivity index (χ2v) is 5.47. The first-order valence-corrected chi connectivity index (χ1v) is 7.15. The Morgan fingerprint density at radius 3 is 2.81 bits per heavy atom. The zero-order valence-electron chi connectivity index (χ0n) is 12.3. The lowest BCUT2D eigenvalue weighted by molar-refractivity contribution is 0.0599. The fraction of sp³-hybridized carbons (Fsp3) is 0.278. The van der Waals surface area contributed by atoms with Crippen molar-refractivity contribution in [3.8, 4) is 16.9 Å². The minimum Gasteiger partial charge on any atom is -0.508 e. The fourth-order valence-corrected chi connectivity index (χ4v) is 3.27. The number of carbonyl (C=O) groups is 1. The number of phenolic OH excluding ortho intramolecular Hbond substituents is 1. The van der Waals surface area contributed by atoms with E-state index in [0.717, 1.165) is 47.1 Å². The van der Waals surface area contributed by atoms with Crippen LogP contribution in [0, 0.1) is 6.92 Å². The summed E-state index contributed by atoms with van der Waals surface area (Å²) >= 11 is 0. The Balaban J connectivity index is 2.28. The van der Waals surface area contributed by atoms with Gasteiger partial charge in [0.2, 0.25) is 0 Å². The monoisotopic (exact) mass is 282 g/mol. The summed E-state index contributed by atoms with van der Waals surface area (Å²) in [5, 5.41) is 9.82. The van der Waals surface area contributed by atoms with Gasteiger partial charge in [0.1, 0.15) is 5.75 Å². The van der Waals surface area contributed by atoms with Gasteiger partial charge in [-0.15, -0.1) is 0 Å². The molecule has 0 aliphatic heterocycles. The Kier molecular flexibility index (Phi) is 3.42. The number of benzene rings is 2. The minimum atomic E-state index is -0.285. The van der Waals surface area contributed by atoms with Crippen LogP contribution in [0.25, 0.3) is 11.1 Å². The third-order valence-electron chi connectivity index (χ3n) is 4.13. The van der Waals surface area contributed by atoms with Gasteiger partial charge in [-0.25, -0.2) is 4.79 Å². The molecule has 21 heavy (non-hydrogen) atoms. The summed E-state index contributed by atoms with van der Waals surface area (Å²) in [7, 11) is 1.41. The van der Waals surface area contributed by atoms with Crippen LogP contribution in [0.15, 0.2) is 30.3 Å². The van der Waals surface area contributed by atoms with Crippen LogP contribution in [0.4, 0.5) is 0 Å². The summed E-state index contributed by atoms with van der Waals surface area (Å²) in [4.78, 5) is 12.0. The molecule has 1 N–H and O–H groups in total. The van der Waals surface area contributed by atoms with Gasteiger partial charge in [0.15, 0.2) is 0 Å². The Morgan fingerprint density at radius 2 is 2.05 bits per heavy atom. The summed E-state index contributed by atoms with van der Waals surface area (Å²) in [6.45, 7) is 2.00. The number of hydrogen-bond donors (Lipinski definition) is 1. The number of aromatic hydroxyl groups is 1. The number of fused-ring (bicyclic) bond motifs is 3. The Bertz CT molecular complexity index is 717. The minimum absolute atomic E-state index is 0.285. The largest absolute Gasteiger partial charge is 0.508 e. The van der Waals surface area contributed by atoms with Crippen LogP contribution in [0.3, 0.4) is 0 Å². The number of esters is 1. The zero-order valence-corrected chi connectivity index (χ0v) is 12.3. The van der Waals surface area contributed by atoms with Crippen LogP contribution < -0.4 is 0 Å². The summed E-state index contributed by atoms with van der Waals surface area (Å²) in [5.74, 6) is 0.0190. The van der Waals surface area contributed by atoms with Crippen LogP contribution in [-0.2, 0) is 17.6 Å². The van der Waals surface area contributed by atoms with Crippen molar-refractivity contribution in [2.75, 3.05) is 7.11 Å². The summed E-state index contributed by atoms with van der Waals surface area (Å²) < 4.78 is 4.90. The molecule has 1 aliphatic rings. The third kappa shape index (κ3) is 2.29. The molecule has 0 atom stereocenters. The predicted octanol–water partition coefficient (Wildman–Crippen LogP) is 3.64. The van der Waals surface area contributed by atoms with Crippen LogP contribution in [0.1, 0.15) is 33.5 Å².